The van der Waals surface area contributed by atoms with E-state index in [4.69, 9.17) is 4.74 Å². The van der Waals surface area contributed by atoms with E-state index in [1.54, 1.807) is 0 Å². The van der Waals surface area contributed by atoms with E-state index in [1.807, 2.05) is 18.2 Å². The first kappa shape index (κ1) is 9.35. The Hall–Kier alpha value is -1.88. The van der Waals surface area contributed by atoms with E-state index in [1.165, 1.54) is 6.33 Å². The van der Waals surface area contributed by atoms with Crippen LogP contribution in [-0.2, 0) is 6.42 Å². The molecule has 0 fully saturated rings. The van der Waals surface area contributed by atoms with Gasteiger partial charge in [-0.1, -0.05) is 6.07 Å². The molecule has 1 aliphatic rings. The van der Waals surface area contributed by atoms with E-state index in [9.17, 15) is 5.11 Å². The van der Waals surface area contributed by atoms with Crippen molar-refractivity contribution >= 4 is 0 Å². The van der Waals surface area contributed by atoms with Crippen LogP contribution < -0.4 is 4.74 Å². The first-order chi connectivity index (χ1) is 7.84. The van der Waals surface area contributed by atoms with E-state index < -0.39 is 6.10 Å². The lowest BCUT2D eigenvalue weighted by Gasteiger charge is -2.08. The van der Waals surface area contributed by atoms with Crippen molar-refractivity contribution in [3.05, 3.63) is 41.5 Å². The zero-order valence-electron chi connectivity index (χ0n) is 8.55. The Bertz CT molecular complexity index is 496. The van der Waals surface area contributed by atoms with Crippen molar-refractivity contribution < 1.29 is 9.84 Å². The van der Waals surface area contributed by atoms with Crippen LogP contribution in [0.2, 0.25) is 0 Å². The van der Waals surface area contributed by atoms with Crippen LogP contribution in [0.4, 0.5) is 0 Å². The quantitative estimate of drug-likeness (QED) is 0.781. The number of aromatic nitrogens is 3. The second-order valence-corrected chi connectivity index (χ2v) is 3.74. The summed E-state index contributed by atoms with van der Waals surface area (Å²) in [4.78, 5) is 3.94. The molecule has 1 unspecified atom stereocenters. The minimum atomic E-state index is -0.756. The van der Waals surface area contributed by atoms with Crippen LogP contribution in [0.25, 0.3) is 0 Å². The lowest BCUT2D eigenvalue weighted by Crippen LogP contribution is -2.02. The summed E-state index contributed by atoms with van der Waals surface area (Å²) in [7, 11) is 0. The van der Waals surface area contributed by atoms with Gasteiger partial charge in [0.2, 0.25) is 0 Å². The molecular weight excluding hydrogens is 206 g/mol. The van der Waals surface area contributed by atoms with Gasteiger partial charge in [-0.15, -0.1) is 0 Å². The number of benzene rings is 1. The molecule has 2 N–H and O–H groups in total. The summed E-state index contributed by atoms with van der Waals surface area (Å²) in [5.41, 5.74) is 1.94. The molecule has 0 saturated carbocycles. The fourth-order valence-corrected chi connectivity index (χ4v) is 1.88. The summed E-state index contributed by atoms with van der Waals surface area (Å²) in [6.07, 6.45) is 1.52. The molecular formula is C11H11N3O2. The maximum absolute atomic E-state index is 10.0. The number of rotatable bonds is 2. The number of nitrogens with one attached hydrogen (secondary N) is 1. The van der Waals surface area contributed by atoms with Gasteiger partial charge in [-0.25, -0.2) is 4.98 Å². The Kier molecular flexibility index (Phi) is 2.11. The molecule has 0 spiro atoms. The minimum absolute atomic E-state index is 0.457. The van der Waals surface area contributed by atoms with Crippen LogP contribution >= 0.6 is 0 Å². The largest absolute Gasteiger partial charge is 0.493 e. The Morgan fingerprint density at radius 1 is 1.44 bits per heavy atom. The number of aromatic amines is 1. The molecule has 5 heteroatoms. The molecule has 0 saturated heterocycles. The van der Waals surface area contributed by atoms with Crippen LogP contribution in [-0.4, -0.2) is 26.9 Å². The normalized spacial score (nSPS) is 15.6. The van der Waals surface area contributed by atoms with Gasteiger partial charge in [-0.3, -0.25) is 5.10 Å². The number of fused-ring (bicyclic) bond motifs is 1. The molecule has 1 aliphatic heterocycles. The number of H-pyrrole nitrogens is 1. The van der Waals surface area contributed by atoms with Crippen LogP contribution in [0.15, 0.2) is 24.5 Å². The van der Waals surface area contributed by atoms with Gasteiger partial charge in [-0.2, -0.15) is 5.10 Å². The van der Waals surface area contributed by atoms with Crippen molar-refractivity contribution in [1.82, 2.24) is 15.2 Å². The second kappa shape index (κ2) is 3.61. The van der Waals surface area contributed by atoms with Gasteiger partial charge in [0.05, 0.1) is 6.61 Å². The molecule has 2 aromatic rings. The molecule has 1 atom stereocenters. The average molecular weight is 217 g/mol. The van der Waals surface area contributed by atoms with Crippen LogP contribution in [0.1, 0.15) is 23.1 Å². The topological polar surface area (TPSA) is 71.0 Å². The SMILES string of the molecule is OC(c1ccc2c(c1)CCO2)c1ncn[nH]1. The summed E-state index contributed by atoms with van der Waals surface area (Å²) < 4.78 is 5.41. The summed E-state index contributed by atoms with van der Waals surface area (Å²) >= 11 is 0. The summed E-state index contributed by atoms with van der Waals surface area (Å²) in [5.74, 6) is 1.37. The van der Waals surface area contributed by atoms with Crippen molar-refractivity contribution in [3.63, 3.8) is 0 Å². The third-order valence-electron chi connectivity index (χ3n) is 2.72. The molecule has 0 radical (unpaired) electrons. The van der Waals surface area contributed by atoms with E-state index in [2.05, 4.69) is 15.2 Å². The van der Waals surface area contributed by atoms with Gasteiger partial charge in [0.1, 0.15) is 18.2 Å². The summed E-state index contributed by atoms with van der Waals surface area (Å²) in [6, 6.07) is 5.68. The van der Waals surface area contributed by atoms with Crippen molar-refractivity contribution in [2.75, 3.05) is 6.61 Å². The third-order valence-corrected chi connectivity index (χ3v) is 2.72. The highest BCUT2D eigenvalue weighted by molar-refractivity contribution is 5.41. The molecule has 1 aromatic heterocycles. The number of aliphatic hydroxyl groups excluding tert-OH is 1. The fourth-order valence-electron chi connectivity index (χ4n) is 1.88. The monoisotopic (exact) mass is 217 g/mol. The van der Waals surface area contributed by atoms with Crippen LogP contribution in [0.5, 0.6) is 5.75 Å². The molecule has 5 nitrogen and oxygen atoms in total. The Balaban J connectivity index is 1.95. The summed E-state index contributed by atoms with van der Waals surface area (Å²) in [6.45, 7) is 0.719. The van der Waals surface area contributed by atoms with Gasteiger partial charge in [-0.05, 0) is 23.3 Å². The van der Waals surface area contributed by atoms with Gasteiger partial charge in [0.15, 0.2) is 5.82 Å². The van der Waals surface area contributed by atoms with Gasteiger partial charge in [0, 0.05) is 6.42 Å². The molecule has 16 heavy (non-hydrogen) atoms. The molecule has 1 aromatic carbocycles. The number of nitrogens with zero attached hydrogens (tertiary/aromatic N) is 2. The van der Waals surface area contributed by atoms with E-state index in [0.717, 1.165) is 29.9 Å². The third kappa shape index (κ3) is 1.45. The molecule has 2 heterocycles. The lowest BCUT2D eigenvalue weighted by molar-refractivity contribution is 0.210. The standard InChI is InChI=1S/C11H11N3O2/c15-10(11-12-6-13-14-11)8-1-2-9-7(5-8)3-4-16-9/h1-2,5-6,10,15H,3-4H2,(H,12,13,14). The molecule has 0 bridgehead atoms. The summed E-state index contributed by atoms with van der Waals surface area (Å²) in [5, 5.41) is 16.4. The molecule has 3 rings (SSSR count). The number of ether oxygens (including phenoxy) is 1. The molecule has 0 aliphatic carbocycles. The van der Waals surface area contributed by atoms with E-state index >= 15 is 0 Å². The lowest BCUT2D eigenvalue weighted by atomic mass is 10.0. The van der Waals surface area contributed by atoms with Crippen LogP contribution in [0.3, 0.4) is 0 Å². The fraction of sp³-hybridized carbons (Fsp3) is 0.273. The first-order valence-corrected chi connectivity index (χ1v) is 5.13. The van der Waals surface area contributed by atoms with Crippen molar-refractivity contribution in [3.8, 4) is 5.75 Å². The minimum Gasteiger partial charge on any atom is -0.493 e. The molecule has 82 valence electrons. The Labute approximate surface area is 92.1 Å². The maximum Gasteiger partial charge on any atom is 0.157 e. The number of aliphatic hydroxyl groups is 1. The average Bonchev–Trinajstić information content (AvgIpc) is 2.98. The molecule has 0 amide bonds. The van der Waals surface area contributed by atoms with Gasteiger partial charge in [0.25, 0.3) is 0 Å². The van der Waals surface area contributed by atoms with Crippen molar-refractivity contribution in [1.29, 1.82) is 0 Å². The Morgan fingerprint density at radius 3 is 3.19 bits per heavy atom. The van der Waals surface area contributed by atoms with Gasteiger partial charge >= 0.3 is 0 Å². The zero-order chi connectivity index (χ0) is 11.0. The smallest absolute Gasteiger partial charge is 0.157 e. The van der Waals surface area contributed by atoms with Gasteiger partial charge < -0.3 is 9.84 Å². The highest BCUT2D eigenvalue weighted by Gasteiger charge is 2.17. The highest BCUT2D eigenvalue weighted by atomic mass is 16.5. The maximum atomic E-state index is 10.0. The van der Waals surface area contributed by atoms with Crippen molar-refractivity contribution in [2.24, 2.45) is 0 Å². The Morgan fingerprint density at radius 2 is 2.38 bits per heavy atom. The zero-order valence-corrected chi connectivity index (χ0v) is 8.55. The number of hydrogen-bond donors (Lipinski definition) is 2. The predicted octanol–water partition coefficient (Wildman–Crippen LogP) is 0.821. The van der Waals surface area contributed by atoms with E-state index in [-0.39, 0.29) is 0 Å². The first-order valence-electron chi connectivity index (χ1n) is 5.13. The second-order valence-electron chi connectivity index (χ2n) is 3.74. The van der Waals surface area contributed by atoms with Crippen LogP contribution in [0, 0.1) is 0 Å². The van der Waals surface area contributed by atoms with Crippen molar-refractivity contribution in [2.45, 2.75) is 12.5 Å². The predicted molar refractivity (Wildman–Crippen MR) is 56.1 cm³/mol. The highest BCUT2D eigenvalue weighted by Crippen LogP contribution is 2.29. The van der Waals surface area contributed by atoms with E-state index in [0.29, 0.717) is 5.82 Å². The number of hydrogen-bond acceptors (Lipinski definition) is 4.